The molecule has 3 aromatic heterocycles. The molecule has 182 valence electrons. The van der Waals surface area contributed by atoms with Crippen LogP contribution in [0.2, 0.25) is 0 Å². The zero-order chi connectivity index (χ0) is 25.1. The minimum atomic E-state index is -0.134. The third-order valence-electron chi connectivity index (χ3n) is 6.46. The maximum atomic E-state index is 6.18. The molecule has 8 heteroatoms. The number of aryl methyl sites for hydroxylation is 2. The quantitative estimate of drug-likeness (QED) is 0.314. The molecule has 1 atom stereocenters. The summed E-state index contributed by atoms with van der Waals surface area (Å²) >= 11 is 0. The monoisotopic (exact) mass is 479 g/mol. The van der Waals surface area contributed by atoms with E-state index in [-0.39, 0.29) is 6.10 Å². The molecular formula is C28H29N7O. The van der Waals surface area contributed by atoms with Gasteiger partial charge in [-0.25, -0.2) is 4.98 Å². The van der Waals surface area contributed by atoms with Crippen molar-refractivity contribution in [3.63, 3.8) is 0 Å². The van der Waals surface area contributed by atoms with Crippen LogP contribution in [-0.2, 0) is 13.1 Å². The van der Waals surface area contributed by atoms with Crippen molar-refractivity contribution in [2.24, 2.45) is 0 Å². The maximum Gasteiger partial charge on any atom is 0.152 e. The number of fused-ring (bicyclic) bond motifs is 1. The van der Waals surface area contributed by atoms with E-state index < -0.39 is 0 Å². The number of pyridine rings is 1. The van der Waals surface area contributed by atoms with E-state index in [1.165, 1.54) is 16.7 Å². The Morgan fingerprint density at radius 3 is 2.67 bits per heavy atom. The van der Waals surface area contributed by atoms with E-state index in [4.69, 9.17) is 10.5 Å². The molecule has 0 saturated heterocycles. The highest BCUT2D eigenvalue weighted by molar-refractivity contribution is 5.94. The molecule has 0 aliphatic heterocycles. The van der Waals surface area contributed by atoms with Crippen molar-refractivity contribution in [1.29, 1.82) is 0 Å². The van der Waals surface area contributed by atoms with E-state index in [1.54, 1.807) is 18.6 Å². The molecule has 0 amide bonds. The van der Waals surface area contributed by atoms with Crippen LogP contribution in [0.15, 0.2) is 73.3 Å². The van der Waals surface area contributed by atoms with Crippen molar-refractivity contribution in [3.8, 4) is 5.75 Å². The minimum Gasteiger partial charge on any atom is -0.484 e. The number of nitrogens with two attached hydrogens (primary N) is 1. The van der Waals surface area contributed by atoms with E-state index in [2.05, 4.69) is 69.8 Å². The fourth-order valence-corrected chi connectivity index (χ4v) is 4.43. The van der Waals surface area contributed by atoms with Crippen molar-refractivity contribution in [3.05, 3.63) is 101 Å². The number of nitrogen functional groups attached to an aromatic ring is 1. The molecule has 5 aromatic rings. The van der Waals surface area contributed by atoms with Crippen LogP contribution >= 0.6 is 0 Å². The van der Waals surface area contributed by atoms with E-state index >= 15 is 0 Å². The van der Waals surface area contributed by atoms with Gasteiger partial charge >= 0.3 is 0 Å². The van der Waals surface area contributed by atoms with Gasteiger partial charge in [-0.2, -0.15) is 10.2 Å². The topological polar surface area (TPSA) is 104 Å². The molecule has 5 rings (SSSR count). The Balaban J connectivity index is 1.25. The van der Waals surface area contributed by atoms with Crippen LogP contribution in [-0.4, -0.2) is 25.0 Å². The fraction of sp³-hybridized carbons (Fsp3) is 0.214. The lowest BCUT2D eigenvalue weighted by atomic mass is 9.96. The number of ether oxygens (including phenoxy) is 1. The van der Waals surface area contributed by atoms with E-state index in [9.17, 15) is 0 Å². The first kappa shape index (κ1) is 23.3. The molecule has 0 fully saturated rings. The summed E-state index contributed by atoms with van der Waals surface area (Å²) < 4.78 is 8.08. The van der Waals surface area contributed by atoms with Crippen molar-refractivity contribution >= 4 is 22.4 Å². The summed E-state index contributed by atoms with van der Waals surface area (Å²) in [6, 6.07) is 16.3. The molecule has 3 N–H and O–H groups in total. The lowest BCUT2D eigenvalue weighted by Crippen LogP contribution is -2.08. The van der Waals surface area contributed by atoms with Gasteiger partial charge in [-0.05, 0) is 72.2 Å². The highest BCUT2D eigenvalue weighted by atomic mass is 16.5. The van der Waals surface area contributed by atoms with Gasteiger partial charge in [-0.1, -0.05) is 24.3 Å². The second-order valence-electron chi connectivity index (χ2n) is 8.92. The molecule has 36 heavy (non-hydrogen) atoms. The van der Waals surface area contributed by atoms with Crippen molar-refractivity contribution < 1.29 is 4.74 Å². The minimum absolute atomic E-state index is 0.134. The van der Waals surface area contributed by atoms with Gasteiger partial charge in [0.25, 0.3) is 0 Å². The Bertz CT molecular complexity index is 1480. The molecule has 0 aliphatic rings. The zero-order valence-corrected chi connectivity index (χ0v) is 20.6. The molecule has 0 radical (unpaired) electrons. The summed E-state index contributed by atoms with van der Waals surface area (Å²) in [4.78, 5) is 4.21. The summed E-state index contributed by atoms with van der Waals surface area (Å²) in [5, 5.41) is 18.1. The normalized spacial score (nSPS) is 12.0. The lowest BCUT2D eigenvalue weighted by molar-refractivity contribution is 0.225. The molecule has 0 spiro atoms. The Morgan fingerprint density at radius 1 is 1.06 bits per heavy atom. The number of nitrogens with one attached hydrogen (secondary N) is 1. The largest absolute Gasteiger partial charge is 0.484 e. The van der Waals surface area contributed by atoms with Gasteiger partial charge in [-0.15, -0.1) is 5.10 Å². The first-order valence-electron chi connectivity index (χ1n) is 11.9. The highest BCUT2D eigenvalue weighted by Gasteiger charge is 2.12. The van der Waals surface area contributed by atoms with Crippen LogP contribution in [0.4, 0.5) is 11.6 Å². The maximum absolute atomic E-state index is 6.18. The molecule has 0 saturated carbocycles. The van der Waals surface area contributed by atoms with Gasteiger partial charge in [0.2, 0.25) is 0 Å². The smallest absolute Gasteiger partial charge is 0.152 e. The third kappa shape index (κ3) is 4.98. The van der Waals surface area contributed by atoms with Crippen molar-refractivity contribution in [2.75, 3.05) is 11.1 Å². The van der Waals surface area contributed by atoms with Crippen LogP contribution < -0.4 is 15.8 Å². The number of rotatable bonds is 8. The lowest BCUT2D eigenvalue weighted by Gasteiger charge is -2.17. The van der Waals surface area contributed by atoms with E-state index in [0.717, 1.165) is 28.4 Å². The predicted molar refractivity (Wildman–Crippen MR) is 142 cm³/mol. The van der Waals surface area contributed by atoms with Gasteiger partial charge in [-0.3, -0.25) is 4.68 Å². The van der Waals surface area contributed by atoms with Crippen LogP contribution in [0.3, 0.4) is 0 Å². The molecular weight excluding hydrogens is 450 g/mol. The van der Waals surface area contributed by atoms with Gasteiger partial charge in [0.15, 0.2) is 5.82 Å². The first-order chi connectivity index (χ1) is 17.5. The number of aromatic nitrogens is 5. The average molecular weight is 480 g/mol. The summed E-state index contributed by atoms with van der Waals surface area (Å²) in [7, 11) is 0. The molecule has 8 nitrogen and oxygen atoms in total. The van der Waals surface area contributed by atoms with E-state index in [0.29, 0.717) is 23.9 Å². The van der Waals surface area contributed by atoms with Crippen LogP contribution in [0, 0.1) is 13.8 Å². The summed E-state index contributed by atoms with van der Waals surface area (Å²) in [5.74, 6) is 1.87. The fourth-order valence-electron chi connectivity index (χ4n) is 4.43. The second kappa shape index (κ2) is 10.0. The number of hydrogen-bond donors (Lipinski definition) is 2. The van der Waals surface area contributed by atoms with Crippen molar-refractivity contribution in [2.45, 2.75) is 40.0 Å². The van der Waals surface area contributed by atoms with Gasteiger partial charge in [0.05, 0.1) is 12.7 Å². The zero-order valence-electron chi connectivity index (χ0n) is 20.6. The Kier molecular flexibility index (Phi) is 6.49. The van der Waals surface area contributed by atoms with Crippen molar-refractivity contribution in [1.82, 2.24) is 25.0 Å². The number of anilines is 2. The number of hydrogen-bond acceptors (Lipinski definition) is 7. The SMILES string of the molecule is Cc1cc2c(N)nccc2c(C)c1CNc1cc(O[C@H](C)c2ccc(Cn3cccn3)cc2)cnn1. The van der Waals surface area contributed by atoms with Gasteiger partial charge in [0.1, 0.15) is 17.7 Å². The number of benzene rings is 2. The van der Waals surface area contributed by atoms with Crippen LogP contribution in [0.1, 0.15) is 40.8 Å². The van der Waals surface area contributed by atoms with Gasteiger partial charge in [0, 0.05) is 36.6 Å². The van der Waals surface area contributed by atoms with E-state index in [1.807, 2.05) is 36.0 Å². The molecule has 3 heterocycles. The Hall–Kier alpha value is -4.46. The van der Waals surface area contributed by atoms with Crippen LogP contribution in [0.25, 0.3) is 10.8 Å². The Labute approximate surface area is 210 Å². The van der Waals surface area contributed by atoms with Gasteiger partial charge < -0.3 is 15.8 Å². The van der Waals surface area contributed by atoms with Crippen LogP contribution in [0.5, 0.6) is 5.75 Å². The molecule has 0 bridgehead atoms. The predicted octanol–water partition coefficient (Wildman–Crippen LogP) is 5.22. The molecule has 0 aliphatic carbocycles. The summed E-state index contributed by atoms with van der Waals surface area (Å²) in [5.41, 5.74) is 11.9. The number of nitrogens with zero attached hydrogens (tertiary/aromatic N) is 5. The second-order valence-corrected chi connectivity index (χ2v) is 8.92. The highest BCUT2D eigenvalue weighted by Crippen LogP contribution is 2.29. The Morgan fingerprint density at radius 2 is 1.89 bits per heavy atom. The standard InChI is InChI=1S/C28H29N7O/c1-18-13-25-24(9-11-30-28(25)29)19(2)26(18)16-31-27-14-23(15-32-34-27)36-20(3)22-7-5-21(6-8-22)17-35-12-4-10-33-35/h4-15,20H,16-17H2,1-3H3,(H2,29,30)(H,31,34)/t20-/m1/s1. The summed E-state index contributed by atoms with van der Waals surface area (Å²) in [6.45, 7) is 7.58. The average Bonchev–Trinajstić information content (AvgIpc) is 3.38. The molecule has 0 unspecified atom stereocenters. The third-order valence-corrected chi connectivity index (χ3v) is 6.46. The molecule has 2 aromatic carbocycles. The summed E-state index contributed by atoms with van der Waals surface area (Å²) in [6.07, 6.45) is 6.99. The first-order valence-corrected chi connectivity index (χ1v) is 11.9.